The lowest BCUT2D eigenvalue weighted by molar-refractivity contribution is -0.132. The quantitative estimate of drug-likeness (QED) is 0.277. The number of Topliss-reactive ketones (excluding diaryl/α,β-unsaturated/α-hetero) is 3. The summed E-state index contributed by atoms with van der Waals surface area (Å²) in [5, 5.41) is 10.1. The zero-order chi connectivity index (χ0) is 47.6. The van der Waals surface area contributed by atoms with Gasteiger partial charge < -0.3 is 5.11 Å². The molecule has 12 aliphatic carbocycles. The summed E-state index contributed by atoms with van der Waals surface area (Å²) in [6.07, 6.45) is 32.6. The third kappa shape index (κ3) is 7.46. The molecule has 12 aliphatic rings. The fourth-order valence-electron chi connectivity index (χ4n) is 20.9. The maximum atomic E-state index is 12.4. The smallest absolute Gasteiger partial charge is 0.155 e. The Bertz CT molecular complexity index is 2160. The number of fused-ring (bicyclic) bond motifs is 15. The number of aliphatic hydroxyl groups excluding tert-OH is 1. The van der Waals surface area contributed by atoms with E-state index < -0.39 is 0 Å². The van der Waals surface area contributed by atoms with E-state index in [0.29, 0.717) is 63.9 Å². The molecule has 6 heteroatoms. The van der Waals surface area contributed by atoms with Crippen LogP contribution in [0.1, 0.15) is 209 Å². The summed E-state index contributed by atoms with van der Waals surface area (Å²) in [6.45, 7) is 18.0. The van der Waals surface area contributed by atoms with Gasteiger partial charge in [0.25, 0.3) is 0 Å². The van der Waals surface area contributed by atoms with Crippen LogP contribution in [0.25, 0.3) is 0 Å². The molecule has 0 aliphatic heterocycles. The highest BCUT2D eigenvalue weighted by Gasteiger charge is 2.62. The lowest BCUT2D eigenvalue weighted by Gasteiger charge is -2.58. The minimum absolute atomic E-state index is 0.0246. The zero-order valence-electron chi connectivity index (χ0n) is 43.1. The molecule has 67 heavy (non-hydrogen) atoms. The van der Waals surface area contributed by atoms with Crippen LogP contribution < -0.4 is 0 Å². The number of rotatable bonds is 2. The Balaban J connectivity index is 0.000000118. The molecule has 12 rings (SSSR count). The molecule has 1 N–H and O–H groups in total. The second-order valence-electron chi connectivity index (χ2n) is 27.1. The molecule has 0 bridgehead atoms. The molecule has 6 nitrogen and oxygen atoms in total. The summed E-state index contributed by atoms with van der Waals surface area (Å²) < 4.78 is 0. The lowest BCUT2D eigenvalue weighted by Crippen LogP contribution is -2.51. The Morgan fingerprint density at radius 2 is 0.910 bits per heavy atom. The first-order chi connectivity index (χ1) is 31.7. The van der Waals surface area contributed by atoms with Gasteiger partial charge in [-0.3, -0.25) is 24.0 Å². The summed E-state index contributed by atoms with van der Waals surface area (Å²) in [5.41, 5.74) is 5.70. The van der Waals surface area contributed by atoms with Gasteiger partial charge in [0, 0.05) is 36.5 Å². The van der Waals surface area contributed by atoms with Crippen molar-refractivity contribution >= 4 is 28.9 Å². The van der Waals surface area contributed by atoms with Crippen molar-refractivity contribution in [2.24, 2.45) is 97.6 Å². The van der Waals surface area contributed by atoms with Crippen LogP contribution in [-0.2, 0) is 24.0 Å². The first-order valence-electron chi connectivity index (χ1n) is 28.1. The molecule has 18 atom stereocenters. The van der Waals surface area contributed by atoms with Crippen molar-refractivity contribution in [3.63, 3.8) is 0 Å². The van der Waals surface area contributed by atoms with Crippen LogP contribution in [0.2, 0.25) is 0 Å². The summed E-state index contributed by atoms with van der Waals surface area (Å²) in [4.78, 5) is 60.3. The Morgan fingerprint density at radius 1 is 0.463 bits per heavy atom. The number of carbonyl (C=O) groups excluding carboxylic acids is 5. The third-order valence-electron chi connectivity index (χ3n) is 24.7. The van der Waals surface area contributed by atoms with E-state index in [2.05, 4.69) is 47.6 Å². The van der Waals surface area contributed by atoms with E-state index in [9.17, 15) is 29.1 Å². The molecule has 0 saturated heterocycles. The van der Waals surface area contributed by atoms with Crippen LogP contribution in [0, 0.1) is 97.6 Å². The van der Waals surface area contributed by atoms with Crippen LogP contribution in [0.4, 0.5) is 0 Å². The maximum Gasteiger partial charge on any atom is 0.155 e. The van der Waals surface area contributed by atoms with E-state index in [1.54, 1.807) is 12.5 Å². The fraction of sp³-hybridized carbons (Fsp3) is 0.820. The molecular weight excluding hydrogens is 829 g/mol. The Kier molecular flexibility index (Phi) is 12.3. The number of hydrogen-bond acceptors (Lipinski definition) is 6. The van der Waals surface area contributed by atoms with Crippen molar-refractivity contribution in [3.8, 4) is 0 Å². The van der Waals surface area contributed by atoms with Crippen molar-refractivity contribution in [2.75, 3.05) is 0 Å². The van der Waals surface area contributed by atoms with Crippen LogP contribution >= 0.6 is 0 Å². The first kappa shape index (κ1) is 48.2. The predicted octanol–water partition coefficient (Wildman–Crippen LogP) is 13.3. The SMILES string of the molecule is CC(=O)[C@H]1CC[C@H]2[C@@H]3CC=C4C[C@@H](O)CC[C@]4(C)[C@H]3CC[C@]12C.CC(=O)[C@H]1CC[C@H]2[C@@H]3CCC4=CC(=O)CC[C@]4(C)[C@H]3CC[C@]12C.C[C@]12CCC(=O)C=C1CC[C@@H]1[C@@H]2CC[C@]2(C)C(=O)CC[C@@H]12. The lowest BCUT2D eigenvalue weighted by atomic mass is 9.47. The minimum atomic E-state index is -0.117. The predicted molar refractivity (Wildman–Crippen MR) is 264 cm³/mol. The van der Waals surface area contributed by atoms with Gasteiger partial charge in [-0.1, -0.05) is 64.3 Å². The van der Waals surface area contributed by atoms with Crippen molar-refractivity contribution in [1.29, 1.82) is 0 Å². The fourth-order valence-corrected chi connectivity index (χ4v) is 20.9. The van der Waals surface area contributed by atoms with E-state index in [0.717, 1.165) is 125 Å². The normalized spacial score (nSPS) is 50.2. The monoisotopic (exact) mass is 917 g/mol. The van der Waals surface area contributed by atoms with E-state index in [-0.39, 0.29) is 33.2 Å². The van der Waals surface area contributed by atoms with Gasteiger partial charge >= 0.3 is 0 Å². The van der Waals surface area contributed by atoms with Gasteiger partial charge in [-0.25, -0.2) is 0 Å². The number of hydrogen-bond donors (Lipinski definition) is 1. The molecule has 9 saturated carbocycles. The maximum absolute atomic E-state index is 12.4. The minimum Gasteiger partial charge on any atom is -0.393 e. The van der Waals surface area contributed by atoms with Gasteiger partial charge in [-0.2, -0.15) is 0 Å². The van der Waals surface area contributed by atoms with Crippen molar-refractivity contribution in [1.82, 2.24) is 0 Å². The average molecular weight is 917 g/mol. The standard InChI is InChI=1S/C21H32O2.C21H30O2.C19H26O2/c2*1-13(22)17-6-7-18-16-5-4-14-12-15(23)8-10-20(14,2)19(16)9-11-21(17,18)3;1-18-9-7-13(20)11-12(18)3-4-14-15-5-6-17(21)19(15,2)10-8-16(14)18/h4,15-19,23H,5-12H2,1-3H3;12,16-19H,4-11H2,1-3H3;11,14-16H,3-10H2,1-2H3/t15-,16-,17+,18-,19-,20-,21+;16-,17+,18-,19-,20-,21+;14-,15-,16-,18-,19-/m000/s1. The van der Waals surface area contributed by atoms with Crippen molar-refractivity contribution in [3.05, 3.63) is 34.9 Å². The highest BCUT2D eigenvalue weighted by atomic mass is 16.3. The molecule has 0 aromatic carbocycles. The van der Waals surface area contributed by atoms with Crippen LogP contribution in [0.5, 0.6) is 0 Å². The molecule has 0 spiro atoms. The molecule has 0 heterocycles. The molecule has 9 fully saturated rings. The van der Waals surface area contributed by atoms with Crippen LogP contribution in [0.15, 0.2) is 34.9 Å². The third-order valence-corrected chi connectivity index (χ3v) is 24.7. The number of aliphatic hydroxyl groups is 1. The van der Waals surface area contributed by atoms with E-state index in [1.165, 1.54) is 75.4 Å². The van der Waals surface area contributed by atoms with Gasteiger partial charge in [-0.15, -0.1) is 0 Å². The molecule has 368 valence electrons. The summed E-state index contributed by atoms with van der Waals surface area (Å²) in [6, 6.07) is 0. The van der Waals surface area contributed by atoms with Gasteiger partial charge in [0.05, 0.1) is 6.10 Å². The topological polar surface area (TPSA) is 106 Å². The van der Waals surface area contributed by atoms with E-state index in [4.69, 9.17) is 0 Å². The highest BCUT2D eigenvalue weighted by Crippen LogP contribution is 2.69. The number of allylic oxidation sites excluding steroid dienone is 3. The highest BCUT2D eigenvalue weighted by molar-refractivity contribution is 5.92. The Labute approximate surface area is 404 Å². The molecule has 0 unspecified atom stereocenters. The molecule has 0 radical (unpaired) electrons. The average Bonchev–Trinajstić information content (AvgIpc) is 3.94. The second-order valence-corrected chi connectivity index (χ2v) is 27.1. The van der Waals surface area contributed by atoms with E-state index in [1.807, 2.05) is 19.1 Å². The summed E-state index contributed by atoms with van der Waals surface area (Å²) >= 11 is 0. The largest absolute Gasteiger partial charge is 0.393 e. The van der Waals surface area contributed by atoms with Crippen molar-refractivity contribution < 1.29 is 29.1 Å². The van der Waals surface area contributed by atoms with Crippen LogP contribution in [0.3, 0.4) is 0 Å². The van der Waals surface area contributed by atoms with Gasteiger partial charge in [0.15, 0.2) is 11.6 Å². The Hall–Kier alpha value is -2.47. The van der Waals surface area contributed by atoms with Crippen LogP contribution in [-0.4, -0.2) is 40.1 Å². The first-order valence-corrected chi connectivity index (χ1v) is 28.1. The van der Waals surface area contributed by atoms with Gasteiger partial charge in [0.2, 0.25) is 0 Å². The summed E-state index contributed by atoms with van der Waals surface area (Å²) in [7, 11) is 0. The van der Waals surface area contributed by atoms with Gasteiger partial charge in [-0.05, 0) is 241 Å². The zero-order valence-corrected chi connectivity index (χ0v) is 43.1. The van der Waals surface area contributed by atoms with Gasteiger partial charge in [0.1, 0.15) is 17.3 Å². The number of ketones is 5. The Morgan fingerprint density at radius 3 is 1.45 bits per heavy atom. The second kappa shape index (κ2) is 17.1. The van der Waals surface area contributed by atoms with E-state index >= 15 is 0 Å². The molecule has 0 aromatic heterocycles. The number of carbonyl (C=O) groups is 5. The molecular formula is C61H88O6. The summed E-state index contributed by atoms with van der Waals surface area (Å²) in [5.74, 6) is 9.18. The molecule has 0 aromatic rings. The van der Waals surface area contributed by atoms with Crippen molar-refractivity contribution in [2.45, 2.75) is 216 Å². The molecule has 0 amide bonds.